The Balaban J connectivity index is 2.61. The van der Waals surface area contributed by atoms with E-state index in [9.17, 15) is 4.79 Å². The number of hydrogen-bond acceptors (Lipinski definition) is 5. The molecule has 0 saturated heterocycles. The normalized spacial score (nSPS) is 9.38. The van der Waals surface area contributed by atoms with Crippen molar-refractivity contribution in [3.8, 4) is 0 Å². The van der Waals surface area contributed by atoms with Crippen LogP contribution in [0.25, 0.3) is 0 Å². The summed E-state index contributed by atoms with van der Waals surface area (Å²) in [5.74, 6) is 1.44. The molecule has 0 aliphatic carbocycles. The zero-order valence-corrected chi connectivity index (χ0v) is 7.66. The highest BCUT2D eigenvalue weighted by Gasteiger charge is 1.97. The Bertz CT molecular complexity index is 300. The molecule has 0 bridgehead atoms. The first-order valence-electron chi connectivity index (χ1n) is 3.95. The lowest BCUT2D eigenvalue weighted by molar-refractivity contribution is -0.115. The van der Waals surface area contributed by atoms with Gasteiger partial charge in [0.2, 0.25) is 0 Å². The second-order valence-corrected chi connectivity index (χ2v) is 2.59. The van der Waals surface area contributed by atoms with Crippen molar-refractivity contribution in [3.05, 3.63) is 12.4 Å². The summed E-state index contributed by atoms with van der Waals surface area (Å²) < 4.78 is 0. The van der Waals surface area contributed by atoms with Crippen molar-refractivity contribution in [2.24, 2.45) is 0 Å². The highest BCUT2D eigenvalue weighted by molar-refractivity contribution is 5.80. The molecule has 1 rings (SSSR count). The number of ketones is 1. The van der Waals surface area contributed by atoms with Gasteiger partial charge in [0.05, 0.1) is 6.54 Å². The molecule has 70 valence electrons. The summed E-state index contributed by atoms with van der Waals surface area (Å²) in [6.07, 6.45) is 1.44. The summed E-state index contributed by atoms with van der Waals surface area (Å²) >= 11 is 0. The number of nitrogens with one attached hydrogen (secondary N) is 2. The fourth-order valence-corrected chi connectivity index (χ4v) is 0.806. The fraction of sp³-hybridized carbons (Fsp3) is 0.375. The molecule has 1 aromatic rings. The number of rotatable bonds is 4. The van der Waals surface area contributed by atoms with Gasteiger partial charge in [-0.3, -0.25) is 4.79 Å². The molecule has 0 aliphatic rings. The molecule has 0 unspecified atom stereocenters. The third kappa shape index (κ3) is 3.06. The largest absolute Gasteiger partial charge is 0.373 e. The van der Waals surface area contributed by atoms with Crippen molar-refractivity contribution in [2.75, 3.05) is 24.2 Å². The summed E-state index contributed by atoms with van der Waals surface area (Å²) in [5, 5.41) is 5.76. The predicted molar refractivity (Wildman–Crippen MR) is 50.7 cm³/mol. The van der Waals surface area contributed by atoms with E-state index < -0.39 is 0 Å². The summed E-state index contributed by atoms with van der Waals surface area (Å²) in [6.45, 7) is 1.81. The van der Waals surface area contributed by atoms with Crippen LogP contribution in [0.15, 0.2) is 12.4 Å². The van der Waals surface area contributed by atoms with Crippen molar-refractivity contribution >= 4 is 17.4 Å². The van der Waals surface area contributed by atoms with Gasteiger partial charge in [-0.2, -0.15) is 0 Å². The van der Waals surface area contributed by atoms with E-state index in [-0.39, 0.29) is 5.78 Å². The SMILES string of the molecule is CNc1cc(NCC(C)=O)ncn1. The van der Waals surface area contributed by atoms with Crippen LogP contribution in [0.5, 0.6) is 0 Å². The molecule has 0 atom stereocenters. The van der Waals surface area contributed by atoms with Gasteiger partial charge >= 0.3 is 0 Å². The van der Waals surface area contributed by atoms with Crippen LogP contribution < -0.4 is 10.6 Å². The van der Waals surface area contributed by atoms with Crippen molar-refractivity contribution in [3.63, 3.8) is 0 Å². The lowest BCUT2D eigenvalue weighted by Gasteiger charge is -2.03. The number of Topliss-reactive ketones (excluding diaryl/α,β-unsaturated/α-hetero) is 1. The maximum Gasteiger partial charge on any atom is 0.148 e. The molecule has 1 heterocycles. The fourth-order valence-electron chi connectivity index (χ4n) is 0.806. The van der Waals surface area contributed by atoms with Gasteiger partial charge in [-0.05, 0) is 6.92 Å². The summed E-state index contributed by atoms with van der Waals surface area (Å²) in [7, 11) is 1.77. The van der Waals surface area contributed by atoms with E-state index in [1.165, 1.54) is 13.3 Å². The van der Waals surface area contributed by atoms with Crippen LogP contribution in [-0.4, -0.2) is 29.3 Å². The van der Waals surface area contributed by atoms with E-state index in [1.807, 2.05) is 0 Å². The van der Waals surface area contributed by atoms with E-state index in [0.29, 0.717) is 12.4 Å². The van der Waals surface area contributed by atoms with Gasteiger partial charge in [-0.15, -0.1) is 0 Å². The van der Waals surface area contributed by atoms with E-state index >= 15 is 0 Å². The topological polar surface area (TPSA) is 66.9 Å². The molecule has 5 heteroatoms. The smallest absolute Gasteiger partial charge is 0.148 e. The highest BCUT2D eigenvalue weighted by Crippen LogP contribution is 2.06. The Morgan fingerprint density at radius 2 is 2.15 bits per heavy atom. The van der Waals surface area contributed by atoms with Crippen LogP contribution in [-0.2, 0) is 4.79 Å². The van der Waals surface area contributed by atoms with Crippen LogP contribution in [0, 0.1) is 0 Å². The Labute approximate surface area is 76.6 Å². The number of nitrogens with zero attached hydrogens (tertiary/aromatic N) is 2. The van der Waals surface area contributed by atoms with E-state index in [4.69, 9.17) is 0 Å². The molecule has 2 N–H and O–H groups in total. The third-order valence-corrected chi connectivity index (χ3v) is 1.44. The van der Waals surface area contributed by atoms with Crippen LogP contribution in [0.1, 0.15) is 6.92 Å². The minimum atomic E-state index is 0.0737. The molecule has 5 nitrogen and oxygen atoms in total. The Morgan fingerprint density at radius 3 is 2.77 bits per heavy atom. The molecule has 0 aliphatic heterocycles. The standard InChI is InChI=1S/C8H12N4O/c1-6(13)4-10-8-3-7(9-2)11-5-12-8/h3,5H,4H2,1-2H3,(H2,9,10,11,12). The monoisotopic (exact) mass is 180 g/mol. The molecule has 0 spiro atoms. The van der Waals surface area contributed by atoms with Gasteiger partial charge in [-0.1, -0.05) is 0 Å². The molecular weight excluding hydrogens is 168 g/mol. The van der Waals surface area contributed by atoms with Crippen LogP contribution >= 0.6 is 0 Å². The lowest BCUT2D eigenvalue weighted by atomic mass is 10.4. The summed E-state index contributed by atoms with van der Waals surface area (Å²) in [5.41, 5.74) is 0. The van der Waals surface area contributed by atoms with Crippen LogP contribution in [0.2, 0.25) is 0 Å². The molecule has 1 aromatic heterocycles. The molecule has 0 fully saturated rings. The zero-order chi connectivity index (χ0) is 9.68. The average molecular weight is 180 g/mol. The van der Waals surface area contributed by atoms with Gasteiger partial charge < -0.3 is 10.6 Å². The highest BCUT2D eigenvalue weighted by atomic mass is 16.1. The third-order valence-electron chi connectivity index (χ3n) is 1.44. The van der Waals surface area contributed by atoms with Crippen LogP contribution in [0.4, 0.5) is 11.6 Å². The number of hydrogen-bond donors (Lipinski definition) is 2. The quantitative estimate of drug-likeness (QED) is 0.707. The van der Waals surface area contributed by atoms with Crippen molar-refractivity contribution < 1.29 is 4.79 Å². The molecule has 0 amide bonds. The van der Waals surface area contributed by atoms with Gasteiger partial charge in [0, 0.05) is 13.1 Å². The zero-order valence-electron chi connectivity index (χ0n) is 7.66. The van der Waals surface area contributed by atoms with Gasteiger partial charge in [-0.25, -0.2) is 9.97 Å². The van der Waals surface area contributed by atoms with Gasteiger partial charge in [0.25, 0.3) is 0 Å². The molecule has 0 radical (unpaired) electrons. The number of aromatic nitrogens is 2. The van der Waals surface area contributed by atoms with Crippen molar-refractivity contribution in [2.45, 2.75) is 6.92 Å². The van der Waals surface area contributed by atoms with Crippen molar-refractivity contribution in [1.82, 2.24) is 9.97 Å². The van der Waals surface area contributed by atoms with Gasteiger partial charge in [0.15, 0.2) is 0 Å². The van der Waals surface area contributed by atoms with Gasteiger partial charge in [0.1, 0.15) is 23.7 Å². The number of anilines is 2. The first-order chi connectivity index (χ1) is 6.22. The first-order valence-corrected chi connectivity index (χ1v) is 3.95. The maximum atomic E-state index is 10.7. The summed E-state index contributed by atoms with van der Waals surface area (Å²) in [6, 6.07) is 1.74. The molecule has 0 aromatic carbocycles. The average Bonchev–Trinajstić information content (AvgIpc) is 2.15. The van der Waals surface area contributed by atoms with Crippen molar-refractivity contribution in [1.29, 1.82) is 0 Å². The second kappa shape index (κ2) is 4.39. The number of carbonyl (C=O) groups excluding carboxylic acids is 1. The lowest BCUT2D eigenvalue weighted by Crippen LogP contribution is -2.11. The molecular formula is C8H12N4O. The maximum absolute atomic E-state index is 10.7. The first kappa shape index (κ1) is 9.44. The number of carbonyl (C=O) groups is 1. The Hall–Kier alpha value is -1.65. The summed E-state index contributed by atoms with van der Waals surface area (Å²) in [4.78, 5) is 18.5. The second-order valence-electron chi connectivity index (χ2n) is 2.59. The van der Waals surface area contributed by atoms with E-state index in [1.54, 1.807) is 13.1 Å². The van der Waals surface area contributed by atoms with E-state index in [2.05, 4.69) is 20.6 Å². The Morgan fingerprint density at radius 1 is 1.46 bits per heavy atom. The molecule has 0 saturated carbocycles. The minimum absolute atomic E-state index is 0.0737. The Kier molecular flexibility index (Phi) is 3.19. The van der Waals surface area contributed by atoms with Crippen LogP contribution in [0.3, 0.4) is 0 Å². The minimum Gasteiger partial charge on any atom is -0.373 e. The van der Waals surface area contributed by atoms with E-state index in [0.717, 1.165) is 5.82 Å². The molecule has 13 heavy (non-hydrogen) atoms. The predicted octanol–water partition coefficient (Wildman–Crippen LogP) is 0.519.